The molecule has 1 aliphatic heterocycles. The Balaban J connectivity index is 1.70. The second-order valence-corrected chi connectivity index (χ2v) is 4.52. The minimum Gasteiger partial charge on any atom is -0.425 e. The summed E-state index contributed by atoms with van der Waals surface area (Å²) < 4.78 is 10.5. The predicted molar refractivity (Wildman–Crippen MR) is 60.5 cm³/mol. The molecule has 2 heterocycles. The van der Waals surface area contributed by atoms with Gasteiger partial charge in [-0.15, -0.1) is 10.2 Å². The van der Waals surface area contributed by atoms with Gasteiger partial charge in [-0.3, -0.25) is 4.79 Å². The van der Waals surface area contributed by atoms with Crippen LogP contribution in [0.2, 0.25) is 0 Å². The van der Waals surface area contributed by atoms with Crippen LogP contribution < -0.4 is 0 Å². The summed E-state index contributed by atoms with van der Waals surface area (Å²) in [5, 5.41) is 7.53. The summed E-state index contributed by atoms with van der Waals surface area (Å²) in [4.78, 5) is 11.7. The molecule has 0 aliphatic carbocycles. The fourth-order valence-corrected chi connectivity index (χ4v) is 2.07. The minimum atomic E-state index is 0.181. The summed E-state index contributed by atoms with van der Waals surface area (Å²) in [5.74, 6) is 1.76. The molecule has 5 nitrogen and oxygen atoms in total. The third-order valence-electron chi connectivity index (χ3n) is 3.09. The zero-order chi connectivity index (χ0) is 12.1. The van der Waals surface area contributed by atoms with E-state index in [1.165, 1.54) is 0 Å². The highest BCUT2D eigenvalue weighted by molar-refractivity contribution is 5.79. The van der Waals surface area contributed by atoms with Crippen molar-refractivity contribution in [1.82, 2.24) is 10.2 Å². The number of ether oxygens (including phenoxy) is 1. The van der Waals surface area contributed by atoms with Crippen molar-refractivity contribution in [1.29, 1.82) is 0 Å². The Morgan fingerprint density at radius 2 is 2.12 bits per heavy atom. The first-order chi connectivity index (χ1) is 8.24. The largest absolute Gasteiger partial charge is 0.425 e. The van der Waals surface area contributed by atoms with Gasteiger partial charge >= 0.3 is 0 Å². The Hall–Kier alpha value is -1.23. The molecule has 1 aromatic heterocycles. The van der Waals surface area contributed by atoms with Gasteiger partial charge in [0.05, 0.1) is 6.42 Å². The molecule has 0 unspecified atom stereocenters. The summed E-state index contributed by atoms with van der Waals surface area (Å²) in [6.07, 6.45) is 3.98. The van der Waals surface area contributed by atoms with Gasteiger partial charge in [-0.2, -0.15) is 0 Å². The van der Waals surface area contributed by atoms with Gasteiger partial charge in [-0.1, -0.05) is 0 Å². The molecule has 1 fully saturated rings. The summed E-state index contributed by atoms with van der Waals surface area (Å²) in [7, 11) is 0. The first-order valence-electron chi connectivity index (χ1n) is 6.12. The van der Waals surface area contributed by atoms with Crippen LogP contribution in [0.25, 0.3) is 0 Å². The standard InChI is InChI=1S/C12H18N2O3/c1-9-13-14-12(17-9)8-11(15)3-2-10-4-6-16-7-5-10/h10H,2-8H2,1H3. The fraction of sp³-hybridized carbons (Fsp3) is 0.750. The molecule has 2 rings (SSSR count). The number of aromatic nitrogens is 2. The van der Waals surface area contributed by atoms with Crippen LogP contribution >= 0.6 is 0 Å². The maximum absolute atomic E-state index is 11.7. The van der Waals surface area contributed by atoms with Crippen molar-refractivity contribution in [2.75, 3.05) is 13.2 Å². The molecule has 17 heavy (non-hydrogen) atoms. The molecule has 0 N–H and O–H groups in total. The molecule has 0 aromatic carbocycles. The number of nitrogens with zero attached hydrogens (tertiary/aromatic N) is 2. The van der Waals surface area contributed by atoms with E-state index in [9.17, 15) is 4.79 Å². The van der Waals surface area contributed by atoms with Gasteiger partial charge in [0.15, 0.2) is 0 Å². The Morgan fingerprint density at radius 1 is 1.35 bits per heavy atom. The third kappa shape index (κ3) is 3.93. The van der Waals surface area contributed by atoms with E-state index in [-0.39, 0.29) is 12.2 Å². The maximum atomic E-state index is 11.7. The van der Waals surface area contributed by atoms with Crippen LogP contribution in [0.5, 0.6) is 0 Å². The molecule has 1 aliphatic rings. The lowest BCUT2D eigenvalue weighted by Crippen LogP contribution is -2.17. The Kier molecular flexibility index (Phi) is 4.25. The van der Waals surface area contributed by atoms with Gasteiger partial charge in [0, 0.05) is 26.6 Å². The molecular formula is C12H18N2O3. The van der Waals surface area contributed by atoms with Gasteiger partial charge in [-0.05, 0) is 25.2 Å². The van der Waals surface area contributed by atoms with Crippen molar-refractivity contribution in [3.05, 3.63) is 11.8 Å². The Morgan fingerprint density at radius 3 is 2.76 bits per heavy atom. The maximum Gasteiger partial charge on any atom is 0.223 e. The van der Waals surface area contributed by atoms with E-state index in [2.05, 4.69) is 10.2 Å². The molecule has 0 atom stereocenters. The monoisotopic (exact) mass is 238 g/mol. The highest BCUT2D eigenvalue weighted by Gasteiger charge is 2.16. The second kappa shape index (κ2) is 5.91. The summed E-state index contributed by atoms with van der Waals surface area (Å²) in [6.45, 7) is 3.40. The third-order valence-corrected chi connectivity index (χ3v) is 3.09. The normalized spacial score (nSPS) is 17.2. The molecule has 0 amide bonds. The number of ketones is 1. The van der Waals surface area contributed by atoms with Gasteiger partial charge in [-0.25, -0.2) is 0 Å². The van der Waals surface area contributed by atoms with Crippen molar-refractivity contribution in [2.24, 2.45) is 5.92 Å². The van der Waals surface area contributed by atoms with E-state index >= 15 is 0 Å². The lowest BCUT2D eigenvalue weighted by atomic mass is 9.93. The van der Waals surface area contributed by atoms with Crippen LogP contribution in [0.3, 0.4) is 0 Å². The number of hydrogen-bond acceptors (Lipinski definition) is 5. The van der Waals surface area contributed by atoms with E-state index in [1.54, 1.807) is 6.92 Å². The Bertz CT molecular complexity index is 370. The van der Waals surface area contributed by atoms with E-state index in [0.717, 1.165) is 32.5 Å². The molecule has 1 aromatic rings. The SMILES string of the molecule is Cc1nnc(CC(=O)CCC2CCOCC2)o1. The van der Waals surface area contributed by atoms with Crippen LogP contribution in [0.4, 0.5) is 0 Å². The van der Waals surface area contributed by atoms with Crippen molar-refractivity contribution in [3.8, 4) is 0 Å². The number of hydrogen-bond donors (Lipinski definition) is 0. The van der Waals surface area contributed by atoms with E-state index in [0.29, 0.717) is 24.1 Å². The number of rotatable bonds is 5. The van der Waals surface area contributed by atoms with Gasteiger partial charge < -0.3 is 9.15 Å². The first-order valence-corrected chi connectivity index (χ1v) is 6.12. The number of carbonyl (C=O) groups excluding carboxylic acids is 1. The van der Waals surface area contributed by atoms with Crippen molar-refractivity contribution in [2.45, 2.75) is 39.0 Å². The average Bonchev–Trinajstić information content (AvgIpc) is 2.73. The summed E-state index contributed by atoms with van der Waals surface area (Å²) in [6, 6.07) is 0. The quantitative estimate of drug-likeness (QED) is 0.781. The van der Waals surface area contributed by atoms with Gasteiger partial charge in [0.25, 0.3) is 0 Å². The molecule has 0 bridgehead atoms. The zero-order valence-corrected chi connectivity index (χ0v) is 10.1. The van der Waals surface area contributed by atoms with Crippen molar-refractivity contribution < 1.29 is 13.9 Å². The molecule has 0 saturated carbocycles. The van der Waals surface area contributed by atoms with E-state index < -0.39 is 0 Å². The molecule has 0 radical (unpaired) electrons. The number of carbonyl (C=O) groups is 1. The van der Waals surface area contributed by atoms with Crippen molar-refractivity contribution in [3.63, 3.8) is 0 Å². The second-order valence-electron chi connectivity index (χ2n) is 4.52. The average molecular weight is 238 g/mol. The van der Waals surface area contributed by atoms with Gasteiger partial charge in [0.1, 0.15) is 5.78 Å². The molecule has 5 heteroatoms. The first kappa shape index (κ1) is 12.2. The molecule has 0 spiro atoms. The minimum absolute atomic E-state index is 0.181. The zero-order valence-electron chi connectivity index (χ0n) is 10.1. The molecular weight excluding hydrogens is 220 g/mol. The summed E-state index contributed by atoms with van der Waals surface area (Å²) >= 11 is 0. The number of aryl methyl sites for hydroxylation is 1. The topological polar surface area (TPSA) is 65.2 Å². The Labute approximate surface area is 101 Å². The summed E-state index contributed by atoms with van der Waals surface area (Å²) in [5.41, 5.74) is 0. The van der Waals surface area contributed by atoms with Crippen molar-refractivity contribution >= 4 is 5.78 Å². The number of Topliss-reactive ketones (excluding diaryl/α,β-unsaturated/α-hetero) is 1. The van der Waals surface area contributed by atoms with Crippen LogP contribution in [-0.4, -0.2) is 29.2 Å². The van der Waals surface area contributed by atoms with E-state index in [4.69, 9.17) is 9.15 Å². The molecule has 1 saturated heterocycles. The van der Waals surface area contributed by atoms with Crippen LogP contribution in [0.1, 0.15) is 37.5 Å². The highest BCUT2D eigenvalue weighted by Crippen LogP contribution is 2.20. The lowest BCUT2D eigenvalue weighted by molar-refractivity contribution is -0.119. The smallest absolute Gasteiger partial charge is 0.223 e. The lowest BCUT2D eigenvalue weighted by Gasteiger charge is -2.21. The van der Waals surface area contributed by atoms with Gasteiger partial charge in [0.2, 0.25) is 11.8 Å². The predicted octanol–water partition coefficient (Wildman–Crippen LogP) is 1.70. The van der Waals surface area contributed by atoms with Crippen LogP contribution in [0, 0.1) is 12.8 Å². The van der Waals surface area contributed by atoms with Crippen LogP contribution in [-0.2, 0) is 16.0 Å². The molecule has 94 valence electrons. The fourth-order valence-electron chi connectivity index (χ4n) is 2.07. The van der Waals surface area contributed by atoms with Crippen LogP contribution in [0.15, 0.2) is 4.42 Å². The highest BCUT2D eigenvalue weighted by atomic mass is 16.5. The van der Waals surface area contributed by atoms with E-state index in [1.807, 2.05) is 0 Å².